The van der Waals surface area contributed by atoms with Crippen molar-refractivity contribution in [2.45, 2.75) is 6.17 Å². The molecule has 0 unspecified atom stereocenters. The number of anilines is 2. The number of carbonyl (C=O) groups is 1. The lowest BCUT2D eigenvalue weighted by atomic mass is 10.0. The van der Waals surface area contributed by atoms with E-state index in [0.717, 1.165) is 16.9 Å². The zero-order valence-electron chi connectivity index (χ0n) is 17.8. The molecule has 7 heteroatoms. The van der Waals surface area contributed by atoms with Gasteiger partial charge in [-0.3, -0.25) is 9.69 Å². The van der Waals surface area contributed by atoms with E-state index in [1.54, 1.807) is 33.3 Å². The summed E-state index contributed by atoms with van der Waals surface area (Å²) in [6.45, 7) is 0. The highest BCUT2D eigenvalue weighted by atomic mass is 16.5. The van der Waals surface area contributed by atoms with Crippen LogP contribution in [0, 0.1) is 0 Å². The normalized spacial score (nSPS) is 15.0. The van der Waals surface area contributed by atoms with E-state index in [-0.39, 0.29) is 5.91 Å². The lowest BCUT2D eigenvalue weighted by Gasteiger charge is -2.38. The third-order valence-corrected chi connectivity index (χ3v) is 5.28. The summed E-state index contributed by atoms with van der Waals surface area (Å²) in [6, 6.07) is 18.5. The van der Waals surface area contributed by atoms with Gasteiger partial charge in [0.1, 0.15) is 11.9 Å². The molecule has 1 aliphatic rings. The maximum Gasteiger partial charge on any atom is 0.262 e. The fourth-order valence-electron chi connectivity index (χ4n) is 3.76. The third kappa shape index (κ3) is 3.59. The molecule has 0 bridgehead atoms. The fraction of sp³-hybridized carbons (Fsp3) is 0.208. The van der Waals surface area contributed by atoms with Crippen LogP contribution >= 0.6 is 0 Å². The van der Waals surface area contributed by atoms with Crippen LogP contribution in [0.2, 0.25) is 0 Å². The van der Waals surface area contributed by atoms with Gasteiger partial charge in [-0.15, -0.1) is 0 Å². The van der Waals surface area contributed by atoms with Crippen molar-refractivity contribution in [3.63, 3.8) is 0 Å². The van der Waals surface area contributed by atoms with Gasteiger partial charge in [0.15, 0.2) is 11.5 Å². The molecule has 0 fully saturated rings. The SMILES string of the molecule is COc1ccc(N2C(=O)c3ccccc3N[C@@H]2c2cc(OC)c(OC)c(OC)c2)cc1. The number of hydrogen-bond donors (Lipinski definition) is 1. The molecule has 3 aromatic carbocycles. The number of para-hydroxylation sites is 1. The summed E-state index contributed by atoms with van der Waals surface area (Å²) < 4.78 is 21.8. The van der Waals surface area contributed by atoms with E-state index < -0.39 is 6.17 Å². The molecule has 3 aromatic rings. The first-order valence-corrected chi connectivity index (χ1v) is 9.74. The zero-order valence-corrected chi connectivity index (χ0v) is 17.8. The summed E-state index contributed by atoms with van der Waals surface area (Å²) in [4.78, 5) is 15.3. The summed E-state index contributed by atoms with van der Waals surface area (Å²) in [5.74, 6) is 2.12. The molecule has 7 nitrogen and oxygen atoms in total. The van der Waals surface area contributed by atoms with Crippen molar-refractivity contribution in [2.24, 2.45) is 0 Å². The lowest BCUT2D eigenvalue weighted by molar-refractivity contribution is 0.0974. The molecule has 0 saturated heterocycles. The van der Waals surface area contributed by atoms with Gasteiger partial charge in [0.2, 0.25) is 5.75 Å². The molecule has 0 saturated carbocycles. The summed E-state index contributed by atoms with van der Waals surface area (Å²) in [5, 5.41) is 3.48. The first-order chi connectivity index (χ1) is 15.1. The van der Waals surface area contributed by atoms with E-state index in [1.807, 2.05) is 60.7 Å². The number of ether oxygens (including phenoxy) is 4. The first kappa shape index (κ1) is 20.4. The van der Waals surface area contributed by atoms with Crippen LogP contribution in [0.4, 0.5) is 11.4 Å². The minimum atomic E-state index is -0.496. The van der Waals surface area contributed by atoms with Gasteiger partial charge in [0, 0.05) is 16.9 Å². The van der Waals surface area contributed by atoms with Crippen molar-refractivity contribution >= 4 is 17.3 Å². The van der Waals surface area contributed by atoms with Crippen molar-refractivity contribution in [2.75, 3.05) is 38.7 Å². The molecule has 0 aromatic heterocycles. The molecule has 0 spiro atoms. The molecule has 0 aliphatic carbocycles. The Kier molecular flexibility index (Phi) is 5.58. The monoisotopic (exact) mass is 420 g/mol. The fourth-order valence-corrected chi connectivity index (χ4v) is 3.76. The van der Waals surface area contributed by atoms with Gasteiger partial charge in [0.05, 0.1) is 34.0 Å². The van der Waals surface area contributed by atoms with Crippen LogP contribution in [0.3, 0.4) is 0 Å². The second-order valence-electron chi connectivity index (χ2n) is 6.92. The minimum absolute atomic E-state index is 0.113. The molecule has 160 valence electrons. The molecule has 1 amide bonds. The zero-order chi connectivity index (χ0) is 22.0. The van der Waals surface area contributed by atoms with E-state index in [2.05, 4.69) is 5.32 Å². The third-order valence-electron chi connectivity index (χ3n) is 5.28. The largest absolute Gasteiger partial charge is 0.497 e. The topological polar surface area (TPSA) is 69.3 Å². The average Bonchev–Trinajstić information content (AvgIpc) is 2.83. The van der Waals surface area contributed by atoms with E-state index in [9.17, 15) is 4.79 Å². The van der Waals surface area contributed by atoms with Crippen molar-refractivity contribution in [1.82, 2.24) is 0 Å². The highest BCUT2D eigenvalue weighted by Crippen LogP contribution is 2.43. The standard InChI is InChI=1S/C24H24N2O5/c1-28-17-11-9-16(10-12-17)26-23(25-19-8-6-5-7-18(19)24(26)27)15-13-20(29-2)22(31-4)21(14-15)30-3/h5-14,23,25H,1-4H3/t23-/m0/s1. The number of amides is 1. The Bertz CT molecular complexity index is 1070. The second-order valence-corrected chi connectivity index (χ2v) is 6.92. The maximum atomic E-state index is 13.6. The van der Waals surface area contributed by atoms with E-state index in [4.69, 9.17) is 18.9 Å². The van der Waals surface area contributed by atoms with Crippen LogP contribution in [0.25, 0.3) is 0 Å². The van der Waals surface area contributed by atoms with Gasteiger partial charge < -0.3 is 24.3 Å². The number of benzene rings is 3. The summed E-state index contributed by atoms with van der Waals surface area (Å²) >= 11 is 0. The van der Waals surface area contributed by atoms with Gasteiger partial charge in [-0.2, -0.15) is 0 Å². The van der Waals surface area contributed by atoms with Crippen molar-refractivity contribution < 1.29 is 23.7 Å². The van der Waals surface area contributed by atoms with Gasteiger partial charge in [0.25, 0.3) is 5.91 Å². The van der Waals surface area contributed by atoms with Gasteiger partial charge in [-0.25, -0.2) is 0 Å². The van der Waals surface area contributed by atoms with Crippen LogP contribution in [0.15, 0.2) is 60.7 Å². The molecule has 1 N–H and O–H groups in total. The molecular formula is C24H24N2O5. The Morgan fingerprint density at radius 3 is 2.03 bits per heavy atom. The number of nitrogens with zero attached hydrogens (tertiary/aromatic N) is 1. The second kappa shape index (κ2) is 8.47. The number of carbonyl (C=O) groups excluding carboxylic acids is 1. The first-order valence-electron chi connectivity index (χ1n) is 9.74. The van der Waals surface area contributed by atoms with Gasteiger partial charge in [-0.1, -0.05) is 12.1 Å². The predicted octanol–water partition coefficient (Wildman–Crippen LogP) is 4.49. The van der Waals surface area contributed by atoms with Crippen LogP contribution in [0.1, 0.15) is 22.1 Å². The molecule has 0 radical (unpaired) electrons. The highest BCUT2D eigenvalue weighted by Gasteiger charge is 2.35. The molecule has 4 rings (SSSR count). The Hall–Kier alpha value is -3.87. The Morgan fingerprint density at radius 1 is 0.806 bits per heavy atom. The van der Waals surface area contributed by atoms with Gasteiger partial charge in [-0.05, 0) is 48.5 Å². The highest BCUT2D eigenvalue weighted by molar-refractivity contribution is 6.12. The molecule has 31 heavy (non-hydrogen) atoms. The maximum absolute atomic E-state index is 13.6. The Balaban J connectivity index is 1.88. The van der Waals surface area contributed by atoms with Crippen molar-refractivity contribution in [3.8, 4) is 23.0 Å². The molecular weight excluding hydrogens is 396 g/mol. The smallest absolute Gasteiger partial charge is 0.262 e. The number of methoxy groups -OCH3 is 4. The van der Waals surface area contributed by atoms with Crippen LogP contribution in [-0.4, -0.2) is 34.3 Å². The van der Waals surface area contributed by atoms with Crippen LogP contribution in [-0.2, 0) is 0 Å². The summed E-state index contributed by atoms with van der Waals surface area (Å²) in [7, 11) is 6.30. The van der Waals surface area contributed by atoms with E-state index in [0.29, 0.717) is 28.6 Å². The number of fused-ring (bicyclic) bond motifs is 1. The molecule has 1 aliphatic heterocycles. The number of nitrogens with one attached hydrogen (secondary N) is 1. The Morgan fingerprint density at radius 2 is 1.45 bits per heavy atom. The Labute approximate surface area is 181 Å². The minimum Gasteiger partial charge on any atom is -0.497 e. The van der Waals surface area contributed by atoms with E-state index in [1.165, 1.54) is 0 Å². The summed E-state index contributed by atoms with van der Waals surface area (Å²) in [5.41, 5.74) is 2.87. The van der Waals surface area contributed by atoms with E-state index >= 15 is 0 Å². The number of rotatable bonds is 6. The van der Waals surface area contributed by atoms with Crippen molar-refractivity contribution in [3.05, 3.63) is 71.8 Å². The van der Waals surface area contributed by atoms with Crippen molar-refractivity contribution in [1.29, 1.82) is 0 Å². The number of hydrogen-bond acceptors (Lipinski definition) is 6. The lowest BCUT2D eigenvalue weighted by Crippen LogP contribution is -2.43. The summed E-state index contributed by atoms with van der Waals surface area (Å²) in [6.07, 6.45) is -0.496. The van der Waals surface area contributed by atoms with Crippen LogP contribution in [0.5, 0.6) is 23.0 Å². The average molecular weight is 420 g/mol. The molecule has 1 atom stereocenters. The van der Waals surface area contributed by atoms with Crippen LogP contribution < -0.4 is 29.2 Å². The van der Waals surface area contributed by atoms with Gasteiger partial charge >= 0.3 is 0 Å². The molecule has 1 heterocycles. The quantitative estimate of drug-likeness (QED) is 0.634. The predicted molar refractivity (Wildman–Crippen MR) is 119 cm³/mol.